The topological polar surface area (TPSA) is 38.3 Å². The summed E-state index contributed by atoms with van der Waals surface area (Å²) < 4.78 is 17.5. The Morgan fingerprint density at radius 2 is 2.21 bits per heavy atom. The molecule has 0 aliphatic carbocycles. The van der Waals surface area contributed by atoms with E-state index >= 15 is 0 Å². The number of benzene rings is 1. The van der Waals surface area contributed by atoms with Crippen molar-refractivity contribution in [3.8, 4) is 0 Å². The second kappa shape index (κ2) is 5.21. The van der Waals surface area contributed by atoms with Crippen LogP contribution in [0.2, 0.25) is 0 Å². The van der Waals surface area contributed by atoms with Crippen LogP contribution < -0.4 is 5.32 Å². The minimum atomic E-state index is -0.322. The summed E-state index contributed by atoms with van der Waals surface area (Å²) in [6.45, 7) is 0.369. The predicted octanol–water partition coefficient (Wildman–Crippen LogP) is 1.80. The molecular formula is C10H12FNO2. The summed E-state index contributed by atoms with van der Waals surface area (Å²) in [4.78, 5) is 10.7. The second-order valence-corrected chi connectivity index (χ2v) is 2.73. The van der Waals surface area contributed by atoms with Gasteiger partial charge < -0.3 is 10.1 Å². The third-order valence-electron chi connectivity index (χ3n) is 1.75. The Hall–Kier alpha value is -1.58. The number of carbonyl (C=O) groups is 1. The summed E-state index contributed by atoms with van der Waals surface area (Å²) in [5.41, 5.74) is 0.399. The molecule has 0 saturated carbocycles. The second-order valence-electron chi connectivity index (χ2n) is 2.73. The van der Waals surface area contributed by atoms with Gasteiger partial charge in [0.25, 0.3) is 0 Å². The van der Waals surface area contributed by atoms with Crippen molar-refractivity contribution >= 4 is 11.7 Å². The summed E-state index contributed by atoms with van der Waals surface area (Å²) in [6, 6.07) is 6.32. The lowest BCUT2D eigenvalue weighted by Crippen LogP contribution is -2.10. The third-order valence-corrected chi connectivity index (χ3v) is 1.75. The van der Waals surface area contributed by atoms with Crippen LogP contribution in [0.4, 0.5) is 10.1 Å². The lowest BCUT2D eigenvalue weighted by Gasteiger charge is -2.05. The molecule has 0 unspecified atom stereocenters. The van der Waals surface area contributed by atoms with E-state index < -0.39 is 0 Å². The maximum Gasteiger partial charge on any atom is 0.307 e. The van der Waals surface area contributed by atoms with Crippen molar-refractivity contribution in [2.24, 2.45) is 0 Å². The van der Waals surface area contributed by atoms with E-state index in [1.807, 2.05) is 0 Å². The fraction of sp³-hybridized carbons (Fsp3) is 0.300. The fourth-order valence-electron chi connectivity index (χ4n) is 1.01. The molecule has 0 bridgehead atoms. The summed E-state index contributed by atoms with van der Waals surface area (Å²) in [5.74, 6) is -0.633. The van der Waals surface area contributed by atoms with Crippen LogP contribution >= 0.6 is 0 Å². The molecule has 0 aliphatic rings. The molecule has 0 atom stereocenters. The van der Waals surface area contributed by atoms with Gasteiger partial charge in [-0.2, -0.15) is 0 Å². The van der Waals surface area contributed by atoms with Gasteiger partial charge in [0.05, 0.1) is 19.2 Å². The van der Waals surface area contributed by atoms with E-state index in [0.717, 1.165) is 0 Å². The van der Waals surface area contributed by atoms with Crippen molar-refractivity contribution in [2.75, 3.05) is 19.0 Å². The molecule has 0 aromatic heterocycles. The fourth-order valence-corrected chi connectivity index (χ4v) is 1.01. The molecule has 14 heavy (non-hydrogen) atoms. The predicted molar refractivity (Wildman–Crippen MR) is 51.5 cm³/mol. The van der Waals surface area contributed by atoms with Crippen LogP contribution in [-0.2, 0) is 9.53 Å². The maximum atomic E-state index is 13.0. The van der Waals surface area contributed by atoms with Gasteiger partial charge in [0.15, 0.2) is 0 Å². The van der Waals surface area contributed by atoms with E-state index in [2.05, 4.69) is 10.1 Å². The molecule has 76 valence electrons. The Bertz CT molecular complexity index is 315. The van der Waals surface area contributed by atoms with E-state index in [1.54, 1.807) is 18.2 Å². The highest BCUT2D eigenvalue weighted by molar-refractivity contribution is 5.69. The van der Waals surface area contributed by atoms with Gasteiger partial charge in [0.1, 0.15) is 5.82 Å². The zero-order valence-corrected chi connectivity index (χ0v) is 7.92. The molecule has 0 radical (unpaired) electrons. The van der Waals surface area contributed by atoms with Gasteiger partial charge in [-0.15, -0.1) is 0 Å². The van der Waals surface area contributed by atoms with E-state index in [0.29, 0.717) is 12.2 Å². The number of para-hydroxylation sites is 1. The standard InChI is InChI=1S/C10H12FNO2/c1-14-10(13)6-7-12-9-5-3-2-4-8(9)11/h2-5,12H,6-7H2,1H3. The largest absolute Gasteiger partial charge is 0.469 e. The Balaban J connectivity index is 2.39. The molecule has 0 amide bonds. The van der Waals surface area contributed by atoms with E-state index in [9.17, 15) is 9.18 Å². The summed E-state index contributed by atoms with van der Waals surface area (Å²) in [5, 5.41) is 2.80. The number of esters is 1. The van der Waals surface area contributed by atoms with Crippen LogP contribution in [0.5, 0.6) is 0 Å². The lowest BCUT2D eigenvalue weighted by atomic mass is 10.3. The normalized spacial score (nSPS) is 9.57. The van der Waals surface area contributed by atoms with Gasteiger partial charge in [0, 0.05) is 6.54 Å². The average molecular weight is 197 g/mol. The van der Waals surface area contributed by atoms with Gasteiger partial charge in [-0.1, -0.05) is 12.1 Å². The highest BCUT2D eigenvalue weighted by Crippen LogP contribution is 2.11. The monoisotopic (exact) mass is 197 g/mol. The van der Waals surface area contributed by atoms with E-state index in [1.165, 1.54) is 13.2 Å². The van der Waals surface area contributed by atoms with Gasteiger partial charge in [-0.3, -0.25) is 4.79 Å². The molecule has 0 aliphatic heterocycles. The zero-order valence-electron chi connectivity index (χ0n) is 7.92. The molecule has 1 N–H and O–H groups in total. The summed E-state index contributed by atoms with van der Waals surface area (Å²) in [6.07, 6.45) is 0.227. The Morgan fingerprint density at radius 1 is 1.50 bits per heavy atom. The SMILES string of the molecule is COC(=O)CCNc1ccccc1F. The number of anilines is 1. The quantitative estimate of drug-likeness (QED) is 0.748. The first-order valence-corrected chi connectivity index (χ1v) is 4.29. The number of hydrogen-bond donors (Lipinski definition) is 1. The van der Waals surface area contributed by atoms with Crippen LogP contribution in [0.15, 0.2) is 24.3 Å². The average Bonchev–Trinajstić information content (AvgIpc) is 2.20. The van der Waals surface area contributed by atoms with Crippen molar-refractivity contribution in [1.29, 1.82) is 0 Å². The molecule has 1 aromatic rings. The van der Waals surface area contributed by atoms with Crippen molar-refractivity contribution < 1.29 is 13.9 Å². The van der Waals surface area contributed by atoms with Crippen molar-refractivity contribution in [3.05, 3.63) is 30.1 Å². The van der Waals surface area contributed by atoms with Crippen molar-refractivity contribution in [2.45, 2.75) is 6.42 Å². The number of ether oxygens (including phenoxy) is 1. The van der Waals surface area contributed by atoms with Crippen LogP contribution in [0.1, 0.15) is 6.42 Å². The first-order valence-electron chi connectivity index (χ1n) is 4.29. The van der Waals surface area contributed by atoms with Gasteiger partial charge in [-0.25, -0.2) is 4.39 Å². The number of nitrogens with one attached hydrogen (secondary N) is 1. The molecule has 0 fully saturated rings. The van der Waals surface area contributed by atoms with Crippen LogP contribution in [0.3, 0.4) is 0 Å². The lowest BCUT2D eigenvalue weighted by molar-refractivity contribution is -0.140. The molecule has 1 rings (SSSR count). The summed E-state index contributed by atoms with van der Waals surface area (Å²) in [7, 11) is 1.32. The van der Waals surface area contributed by atoms with Crippen LogP contribution in [-0.4, -0.2) is 19.6 Å². The number of halogens is 1. The van der Waals surface area contributed by atoms with Crippen molar-refractivity contribution in [1.82, 2.24) is 0 Å². The first-order chi connectivity index (χ1) is 6.74. The third kappa shape index (κ3) is 3.05. The van der Waals surface area contributed by atoms with E-state index in [-0.39, 0.29) is 18.2 Å². The highest BCUT2D eigenvalue weighted by atomic mass is 19.1. The molecule has 0 spiro atoms. The van der Waals surface area contributed by atoms with Crippen molar-refractivity contribution in [3.63, 3.8) is 0 Å². The van der Waals surface area contributed by atoms with E-state index in [4.69, 9.17) is 0 Å². The van der Waals surface area contributed by atoms with Gasteiger partial charge >= 0.3 is 5.97 Å². The highest BCUT2D eigenvalue weighted by Gasteiger charge is 2.01. The minimum Gasteiger partial charge on any atom is -0.469 e. The zero-order chi connectivity index (χ0) is 10.4. The molecular weight excluding hydrogens is 185 g/mol. The number of rotatable bonds is 4. The smallest absolute Gasteiger partial charge is 0.307 e. The molecule has 0 heterocycles. The number of hydrogen-bond acceptors (Lipinski definition) is 3. The Labute approximate surface area is 81.9 Å². The number of methoxy groups -OCH3 is 1. The number of carbonyl (C=O) groups excluding carboxylic acids is 1. The minimum absolute atomic E-state index is 0.227. The van der Waals surface area contributed by atoms with Gasteiger partial charge in [0.2, 0.25) is 0 Å². The molecule has 0 saturated heterocycles. The van der Waals surface area contributed by atoms with Crippen LogP contribution in [0, 0.1) is 5.82 Å². The Morgan fingerprint density at radius 3 is 2.86 bits per heavy atom. The molecule has 1 aromatic carbocycles. The Kier molecular flexibility index (Phi) is 3.91. The maximum absolute atomic E-state index is 13.0. The van der Waals surface area contributed by atoms with Crippen LogP contribution in [0.25, 0.3) is 0 Å². The molecule has 4 heteroatoms. The molecule has 3 nitrogen and oxygen atoms in total. The van der Waals surface area contributed by atoms with Gasteiger partial charge in [-0.05, 0) is 12.1 Å². The summed E-state index contributed by atoms with van der Waals surface area (Å²) >= 11 is 0. The first kappa shape index (κ1) is 10.5.